The van der Waals surface area contributed by atoms with Gasteiger partial charge in [0.1, 0.15) is 0 Å². The van der Waals surface area contributed by atoms with Gasteiger partial charge in [-0.15, -0.1) is 0 Å². The average molecular weight is 250 g/mol. The van der Waals surface area contributed by atoms with Crippen molar-refractivity contribution in [1.29, 1.82) is 0 Å². The van der Waals surface area contributed by atoms with E-state index in [9.17, 15) is 5.11 Å². The Morgan fingerprint density at radius 1 is 1.11 bits per heavy atom. The van der Waals surface area contributed by atoms with Crippen LogP contribution in [0.15, 0.2) is 18.2 Å². The molecule has 0 aromatic heterocycles. The molecule has 0 aliphatic heterocycles. The van der Waals surface area contributed by atoms with Gasteiger partial charge < -0.3 is 9.84 Å². The van der Waals surface area contributed by atoms with Crippen LogP contribution in [0.1, 0.15) is 43.4 Å². The maximum atomic E-state index is 10.3. The van der Waals surface area contributed by atoms with Crippen molar-refractivity contribution >= 4 is 0 Å². The number of rotatable bonds is 7. The van der Waals surface area contributed by atoms with Crippen LogP contribution in [0.5, 0.6) is 0 Å². The van der Waals surface area contributed by atoms with Gasteiger partial charge in [0.2, 0.25) is 0 Å². The Morgan fingerprint density at radius 2 is 1.72 bits per heavy atom. The molecule has 0 aliphatic carbocycles. The molecule has 1 rings (SSSR count). The fraction of sp³-hybridized carbons (Fsp3) is 0.625. The number of hydrogen-bond donors (Lipinski definition) is 1. The molecule has 1 N–H and O–H groups in total. The molecular weight excluding hydrogens is 224 g/mol. The van der Waals surface area contributed by atoms with Gasteiger partial charge in [-0.2, -0.15) is 0 Å². The predicted octanol–water partition coefficient (Wildman–Crippen LogP) is 3.41. The number of aryl methyl sites for hydroxylation is 2. The second-order valence-electron chi connectivity index (χ2n) is 5.05. The van der Waals surface area contributed by atoms with Gasteiger partial charge in [0, 0.05) is 13.0 Å². The van der Waals surface area contributed by atoms with Crippen LogP contribution < -0.4 is 0 Å². The minimum atomic E-state index is -0.411. The highest BCUT2D eigenvalue weighted by molar-refractivity contribution is 5.29. The molecule has 0 heterocycles. The normalized spacial score (nSPS) is 14.5. The fourth-order valence-electron chi connectivity index (χ4n) is 2.45. The summed E-state index contributed by atoms with van der Waals surface area (Å²) in [6.07, 6.45) is 2.17. The molecular formula is C16H26O2. The standard InChI is InChI=1S/C16H26O2/c1-5-7-16(18-6-2)15(17)11-14-9-12(3)8-13(4)10-14/h8-10,15-17H,5-7,11H2,1-4H3. The van der Waals surface area contributed by atoms with Crippen LogP contribution >= 0.6 is 0 Å². The van der Waals surface area contributed by atoms with Gasteiger partial charge >= 0.3 is 0 Å². The minimum Gasteiger partial charge on any atom is -0.390 e. The van der Waals surface area contributed by atoms with Crippen LogP contribution in [0, 0.1) is 13.8 Å². The fourth-order valence-corrected chi connectivity index (χ4v) is 2.45. The molecule has 0 bridgehead atoms. The van der Waals surface area contributed by atoms with Crippen molar-refractivity contribution < 1.29 is 9.84 Å². The Morgan fingerprint density at radius 3 is 2.22 bits per heavy atom. The lowest BCUT2D eigenvalue weighted by Gasteiger charge is -2.22. The minimum absolute atomic E-state index is 0.0409. The average Bonchev–Trinajstić information content (AvgIpc) is 2.27. The van der Waals surface area contributed by atoms with Crippen LogP contribution in [-0.4, -0.2) is 23.9 Å². The molecule has 2 nitrogen and oxygen atoms in total. The van der Waals surface area contributed by atoms with Crippen LogP contribution in [0.4, 0.5) is 0 Å². The van der Waals surface area contributed by atoms with E-state index in [0.717, 1.165) is 12.8 Å². The molecule has 2 atom stereocenters. The topological polar surface area (TPSA) is 29.5 Å². The van der Waals surface area contributed by atoms with E-state index in [1.165, 1.54) is 16.7 Å². The van der Waals surface area contributed by atoms with Gasteiger partial charge in [-0.25, -0.2) is 0 Å². The Balaban J connectivity index is 2.68. The van der Waals surface area contributed by atoms with E-state index < -0.39 is 6.10 Å². The maximum absolute atomic E-state index is 10.3. The number of ether oxygens (including phenoxy) is 1. The lowest BCUT2D eigenvalue weighted by atomic mass is 9.98. The highest BCUT2D eigenvalue weighted by Crippen LogP contribution is 2.15. The van der Waals surface area contributed by atoms with Crippen LogP contribution in [0.25, 0.3) is 0 Å². The first-order valence-corrected chi connectivity index (χ1v) is 6.93. The number of aliphatic hydroxyl groups is 1. The first-order chi connectivity index (χ1) is 8.56. The molecule has 0 spiro atoms. The van der Waals surface area contributed by atoms with Crippen molar-refractivity contribution in [3.63, 3.8) is 0 Å². The summed E-state index contributed by atoms with van der Waals surface area (Å²) in [6.45, 7) is 8.94. The smallest absolute Gasteiger partial charge is 0.0842 e. The third kappa shape index (κ3) is 4.79. The summed E-state index contributed by atoms with van der Waals surface area (Å²) in [6, 6.07) is 6.44. The van der Waals surface area contributed by atoms with E-state index in [0.29, 0.717) is 13.0 Å². The predicted molar refractivity (Wildman–Crippen MR) is 75.9 cm³/mol. The Bertz CT molecular complexity index is 334. The van der Waals surface area contributed by atoms with Crippen molar-refractivity contribution in [3.8, 4) is 0 Å². The molecule has 2 unspecified atom stereocenters. The zero-order valence-electron chi connectivity index (χ0n) is 12.1. The Kier molecular flexibility index (Phi) is 6.37. The molecule has 18 heavy (non-hydrogen) atoms. The van der Waals surface area contributed by atoms with Crippen LogP contribution in [0.3, 0.4) is 0 Å². The van der Waals surface area contributed by atoms with E-state index >= 15 is 0 Å². The molecule has 1 aromatic carbocycles. The van der Waals surface area contributed by atoms with Gasteiger partial charge in [0.15, 0.2) is 0 Å². The van der Waals surface area contributed by atoms with Gasteiger partial charge in [-0.05, 0) is 32.8 Å². The summed E-state index contributed by atoms with van der Waals surface area (Å²) >= 11 is 0. The lowest BCUT2D eigenvalue weighted by Crippen LogP contribution is -2.31. The van der Waals surface area contributed by atoms with Crippen molar-refractivity contribution in [3.05, 3.63) is 34.9 Å². The zero-order chi connectivity index (χ0) is 13.5. The first-order valence-electron chi connectivity index (χ1n) is 6.93. The van der Waals surface area contributed by atoms with Crippen molar-refractivity contribution in [2.24, 2.45) is 0 Å². The summed E-state index contributed by atoms with van der Waals surface area (Å²) in [5, 5.41) is 10.3. The van der Waals surface area contributed by atoms with Crippen molar-refractivity contribution in [2.45, 2.75) is 59.2 Å². The quantitative estimate of drug-likeness (QED) is 0.803. The largest absolute Gasteiger partial charge is 0.390 e. The monoisotopic (exact) mass is 250 g/mol. The summed E-state index contributed by atoms with van der Waals surface area (Å²) in [4.78, 5) is 0. The summed E-state index contributed by atoms with van der Waals surface area (Å²) in [5.74, 6) is 0. The summed E-state index contributed by atoms with van der Waals surface area (Å²) in [7, 11) is 0. The van der Waals surface area contributed by atoms with E-state index in [2.05, 4.69) is 39.0 Å². The van der Waals surface area contributed by atoms with Gasteiger partial charge in [-0.1, -0.05) is 42.7 Å². The van der Waals surface area contributed by atoms with Crippen molar-refractivity contribution in [1.82, 2.24) is 0 Å². The molecule has 2 heteroatoms. The van der Waals surface area contributed by atoms with Gasteiger partial charge in [0.25, 0.3) is 0 Å². The van der Waals surface area contributed by atoms with Gasteiger partial charge in [0.05, 0.1) is 12.2 Å². The highest BCUT2D eigenvalue weighted by Gasteiger charge is 2.19. The number of benzene rings is 1. The third-order valence-corrected chi connectivity index (χ3v) is 3.11. The lowest BCUT2D eigenvalue weighted by molar-refractivity contribution is -0.0363. The second-order valence-corrected chi connectivity index (χ2v) is 5.05. The number of hydrogen-bond acceptors (Lipinski definition) is 2. The Labute approximate surface area is 111 Å². The molecule has 0 radical (unpaired) electrons. The van der Waals surface area contributed by atoms with Crippen LogP contribution in [0.2, 0.25) is 0 Å². The van der Waals surface area contributed by atoms with Crippen LogP contribution in [-0.2, 0) is 11.2 Å². The van der Waals surface area contributed by atoms with E-state index in [1.54, 1.807) is 0 Å². The molecule has 0 amide bonds. The molecule has 102 valence electrons. The zero-order valence-corrected chi connectivity index (χ0v) is 12.1. The summed E-state index contributed by atoms with van der Waals surface area (Å²) in [5.41, 5.74) is 3.70. The number of aliphatic hydroxyl groups excluding tert-OH is 1. The van der Waals surface area contributed by atoms with E-state index in [1.807, 2.05) is 6.92 Å². The molecule has 0 saturated carbocycles. The molecule has 1 aromatic rings. The van der Waals surface area contributed by atoms with Gasteiger partial charge in [-0.3, -0.25) is 0 Å². The molecule has 0 saturated heterocycles. The Hall–Kier alpha value is -0.860. The summed E-state index contributed by atoms with van der Waals surface area (Å²) < 4.78 is 5.63. The molecule has 0 fully saturated rings. The molecule has 0 aliphatic rings. The van der Waals surface area contributed by atoms with E-state index in [-0.39, 0.29) is 6.10 Å². The second kappa shape index (κ2) is 7.55. The third-order valence-electron chi connectivity index (χ3n) is 3.11. The maximum Gasteiger partial charge on any atom is 0.0842 e. The SMILES string of the molecule is CCCC(OCC)C(O)Cc1cc(C)cc(C)c1. The first kappa shape index (κ1) is 15.2. The highest BCUT2D eigenvalue weighted by atomic mass is 16.5. The van der Waals surface area contributed by atoms with Crippen molar-refractivity contribution in [2.75, 3.05) is 6.61 Å². The van der Waals surface area contributed by atoms with E-state index in [4.69, 9.17) is 4.74 Å².